The van der Waals surface area contributed by atoms with Gasteiger partial charge >= 0.3 is 0 Å². The Morgan fingerprint density at radius 3 is 1.97 bits per heavy atom. The van der Waals surface area contributed by atoms with E-state index < -0.39 is 5.60 Å². The molecule has 2 heteroatoms. The molecule has 2 rings (SSSR count). The van der Waals surface area contributed by atoms with E-state index in [0.29, 0.717) is 5.92 Å². The number of ether oxygens (including phenoxy) is 1. The maximum absolute atomic E-state index is 10.7. The Balaban J connectivity index is 1.46. The monoisotopic (exact) mass is 436 g/mol. The van der Waals surface area contributed by atoms with Gasteiger partial charge in [0, 0.05) is 0 Å². The van der Waals surface area contributed by atoms with Crippen LogP contribution >= 0.6 is 0 Å². The van der Waals surface area contributed by atoms with Crippen molar-refractivity contribution in [1.82, 2.24) is 0 Å². The highest BCUT2D eigenvalue weighted by Gasteiger charge is 2.51. The normalized spacial score (nSPS) is 20.9. The van der Waals surface area contributed by atoms with Gasteiger partial charge in [-0.05, 0) is 87.8 Å². The average molecular weight is 437 g/mol. The lowest BCUT2D eigenvalue weighted by atomic mass is 10.0. The van der Waals surface area contributed by atoms with Crippen molar-refractivity contribution >= 4 is 0 Å². The van der Waals surface area contributed by atoms with E-state index in [1.807, 2.05) is 12.1 Å². The maximum atomic E-state index is 10.7. The molecule has 176 valence electrons. The molecule has 1 aliphatic rings. The number of allylic oxidation sites excluding steroid dienone is 8. The molecule has 0 amide bonds. The zero-order chi connectivity index (χ0) is 22.9. The smallest absolute Gasteiger partial charge is 0.118 e. The minimum absolute atomic E-state index is 0.410. The fraction of sp³-hybridized carbons (Fsp3) is 0.533. The third kappa shape index (κ3) is 11.0. The van der Waals surface area contributed by atoms with Crippen molar-refractivity contribution in [2.45, 2.75) is 89.6 Å². The first-order valence-corrected chi connectivity index (χ1v) is 12.6. The van der Waals surface area contributed by atoms with E-state index in [9.17, 15) is 5.11 Å². The molecule has 0 aliphatic heterocycles. The van der Waals surface area contributed by atoms with Gasteiger partial charge in [-0.1, -0.05) is 80.5 Å². The molecule has 1 N–H and O–H groups in total. The van der Waals surface area contributed by atoms with E-state index in [1.165, 1.54) is 31.2 Å². The summed E-state index contributed by atoms with van der Waals surface area (Å²) in [5.74, 6) is 1.30. The van der Waals surface area contributed by atoms with Gasteiger partial charge < -0.3 is 9.84 Å². The Morgan fingerprint density at radius 2 is 1.41 bits per heavy atom. The van der Waals surface area contributed by atoms with E-state index in [-0.39, 0.29) is 0 Å². The molecule has 0 bridgehead atoms. The molecular weight excluding hydrogens is 392 g/mol. The zero-order valence-corrected chi connectivity index (χ0v) is 20.3. The van der Waals surface area contributed by atoms with E-state index in [1.54, 1.807) is 7.11 Å². The van der Waals surface area contributed by atoms with Gasteiger partial charge in [0.25, 0.3) is 0 Å². The highest BCUT2D eigenvalue weighted by atomic mass is 16.5. The molecular formula is C30H44O2. The topological polar surface area (TPSA) is 29.5 Å². The number of unbranched alkanes of at least 4 members (excludes halogenated alkanes) is 4. The molecule has 2 nitrogen and oxygen atoms in total. The average Bonchev–Trinajstić information content (AvgIpc) is 3.45. The van der Waals surface area contributed by atoms with Crippen LogP contribution in [0.4, 0.5) is 0 Å². The summed E-state index contributed by atoms with van der Waals surface area (Å²) in [5.41, 5.74) is 0.845. The lowest BCUT2D eigenvalue weighted by Gasteiger charge is -2.10. The number of aliphatic hydroxyl groups is 1. The van der Waals surface area contributed by atoms with Crippen LogP contribution in [0.3, 0.4) is 0 Å². The zero-order valence-electron chi connectivity index (χ0n) is 20.3. The van der Waals surface area contributed by atoms with Gasteiger partial charge in [0.1, 0.15) is 5.75 Å². The molecule has 2 atom stereocenters. The van der Waals surface area contributed by atoms with Crippen molar-refractivity contribution in [1.29, 1.82) is 0 Å². The molecule has 1 aromatic carbocycles. The van der Waals surface area contributed by atoms with E-state index in [0.717, 1.165) is 57.1 Å². The molecule has 0 unspecified atom stereocenters. The Bertz CT molecular complexity index is 726. The van der Waals surface area contributed by atoms with Crippen molar-refractivity contribution in [2.75, 3.05) is 7.11 Å². The molecule has 0 spiro atoms. The van der Waals surface area contributed by atoms with Crippen molar-refractivity contribution in [2.24, 2.45) is 5.92 Å². The highest BCUT2D eigenvalue weighted by molar-refractivity contribution is 5.28. The lowest BCUT2D eigenvalue weighted by molar-refractivity contribution is 0.119. The third-order valence-corrected chi connectivity index (χ3v) is 6.28. The first-order chi connectivity index (χ1) is 15.7. The highest BCUT2D eigenvalue weighted by Crippen LogP contribution is 2.49. The predicted octanol–water partition coefficient (Wildman–Crippen LogP) is 8.13. The number of hydrogen-bond acceptors (Lipinski definition) is 2. The minimum Gasteiger partial charge on any atom is -0.497 e. The van der Waals surface area contributed by atoms with Gasteiger partial charge in [-0.25, -0.2) is 0 Å². The van der Waals surface area contributed by atoms with Crippen LogP contribution < -0.4 is 4.74 Å². The van der Waals surface area contributed by atoms with Crippen molar-refractivity contribution in [3.8, 4) is 5.75 Å². The molecule has 0 radical (unpaired) electrons. The molecule has 1 aromatic rings. The van der Waals surface area contributed by atoms with Gasteiger partial charge in [0.15, 0.2) is 0 Å². The number of hydrogen-bond donors (Lipinski definition) is 1. The molecule has 0 saturated heterocycles. The predicted molar refractivity (Wildman–Crippen MR) is 138 cm³/mol. The van der Waals surface area contributed by atoms with Gasteiger partial charge in [-0.3, -0.25) is 0 Å². The summed E-state index contributed by atoms with van der Waals surface area (Å²) in [5, 5.41) is 10.7. The van der Waals surface area contributed by atoms with Crippen LogP contribution in [-0.2, 0) is 6.42 Å². The van der Waals surface area contributed by atoms with Crippen LogP contribution in [0.25, 0.3) is 0 Å². The Labute approximate surface area is 196 Å². The summed E-state index contributed by atoms with van der Waals surface area (Å²) in [6.45, 7) is 2.25. The summed E-state index contributed by atoms with van der Waals surface area (Å²) in [4.78, 5) is 0. The number of rotatable bonds is 17. The molecule has 32 heavy (non-hydrogen) atoms. The number of benzene rings is 1. The van der Waals surface area contributed by atoms with Crippen LogP contribution in [0.5, 0.6) is 5.75 Å². The van der Waals surface area contributed by atoms with Crippen LogP contribution in [0.1, 0.15) is 83.1 Å². The minimum atomic E-state index is -0.440. The van der Waals surface area contributed by atoms with E-state index in [4.69, 9.17) is 4.74 Å². The third-order valence-electron chi connectivity index (χ3n) is 6.28. The van der Waals surface area contributed by atoms with Crippen LogP contribution in [0.15, 0.2) is 72.9 Å². The molecule has 0 heterocycles. The van der Waals surface area contributed by atoms with Crippen LogP contribution in [0, 0.1) is 5.92 Å². The van der Waals surface area contributed by atoms with Gasteiger partial charge in [0.05, 0.1) is 12.7 Å². The molecule has 1 aliphatic carbocycles. The van der Waals surface area contributed by atoms with Crippen molar-refractivity contribution in [3.63, 3.8) is 0 Å². The second-order valence-corrected chi connectivity index (χ2v) is 9.04. The molecule has 1 fully saturated rings. The van der Waals surface area contributed by atoms with Gasteiger partial charge in [0.2, 0.25) is 0 Å². The van der Waals surface area contributed by atoms with E-state index >= 15 is 0 Å². The van der Waals surface area contributed by atoms with Gasteiger partial charge in [-0.15, -0.1) is 0 Å². The van der Waals surface area contributed by atoms with Crippen molar-refractivity contribution in [3.05, 3.63) is 78.4 Å². The molecule has 1 saturated carbocycles. The summed E-state index contributed by atoms with van der Waals surface area (Å²) in [6, 6.07) is 8.22. The summed E-state index contributed by atoms with van der Waals surface area (Å²) in [6.07, 6.45) is 31.2. The summed E-state index contributed by atoms with van der Waals surface area (Å²) >= 11 is 0. The molecule has 0 aromatic heterocycles. The Morgan fingerprint density at radius 1 is 0.844 bits per heavy atom. The first kappa shape index (κ1) is 26.2. The van der Waals surface area contributed by atoms with Crippen molar-refractivity contribution < 1.29 is 9.84 Å². The van der Waals surface area contributed by atoms with E-state index in [2.05, 4.69) is 67.7 Å². The fourth-order valence-corrected chi connectivity index (χ4v) is 4.07. The number of methoxy groups -OCH3 is 1. The fourth-order valence-electron chi connectivity index (χ4n) is 4.07. The SMILES string of the molecule is CCCCC/C=C\C/C=C\C/C=C\C/C=C\CCC[C@]1(O)C[C@@H]1Cc1ccc(OC)cc1. The van der Waals surface area contributed by atoms with Crippen LogP contribution in [0.2, 0.25) is 0 Å². The second kappa shape index (κ2) is 15.7. The Hall–Kier alpha value is -2.06. The first-order valence-electron chi connectivity index (χ1n) is 12.6. The standard InChI is InChI=1S/C30H44O2/c1-3-4-5-6-7-8-9-10-11-12-13-14-15-16-17-18-19-24-30(31)26-28(30)25-27-20-22-29(32-2)23-21-27/h7-8,10-11,13-14,16-17,20-23,28,31H,3-6,9,12,15,18-19,24-26H2,1-2H3/b8-7-,11-10-,14-13-,17-16-/t28-,30-/m0/s1. The Kier molecular flexibility index (Phi) is 12.8. The second-order valence-electron chi connectivity index (χ2n) is 9.04. The largest absolute Gasteiger partial charge is 0.497 e. The summed E-state index contributed by atoms with van der Waals surface area (Å²) < 4.78 is 5.21. The van der Waals surface area contributed by atoms with Gasteiger partial charge in [-0.2, -0.15) is 0 Å². The quantitative estimate of drug-likeness (QED) is 0.197. The van der Waals surface area contributed by atoms with Crippen LogP contribution in [-0.4, -0.2) is 17.8 Å². The summed E-state index contributed by atoms with van der Waals surface area (Å²) in [7, 11) is 1.69. The maximum Gasteiger partial charge on any atom is 0.118 e. The lowest BCUT2D eigenvalue weighted by Crippen LogP contribution is -2.12.